The molecule has 0 bridgehead atoms. The molecule has 1 heterocycles. The maximum absolute atomic E-state index is 11.0. The molecular formula is C10H18O2S. The first-order valence-electron chi connectivity index (χ1n) is 4.84. The lowest BCUT2D eigenvalue weighted by molar-refractivity contribution is -0.121. The predicted molar refractivity (Wildman–Crippen MR) is 56.1 cm³/mol. The molecule has 76 valence electrons. The van der Waals surface area contributed by atoms with Crippen LogP contribution in [0.15, 0.2) is 0 Å². The van der Waals surface area contributed by atoms with Gasteiger partial charge in [0.25, 0.3) is 0 Å². The van der Waals surface area contributed by atoms with Crippen LogP contribution in [-0.4, -0.2) is 30.5 Å². The van der Waals surface area contributed by atoms with Gasteiger partial charge >= 0.3 is 0 Å². The van der Waals surface area contributed by atoms with E-state index in [1.807, 2.05) is 25.6 Å². The van der Waals surface area contributed by atoms with Gasteiger partial charge in [-0.2, -0.15) is 11.8 Å². The molecule has 0 aromatic heterocycles. The first-order chi connectivity index (χ1) is 6.18. The van der Waals surface area contributed by atoms with Crippen molar-refractivity contribution >= 4 is 18.0 Å². The van der Waals surface area contributed by atoms with Crippen molar-refractivity contribution in [1.29, 1.82) is 0 Å². The molecule has 1 aliphatic rings. The Labute approximate surface area is 84.4 Å². The Bertz CT molecular complexity index is 162. The number of rotatable bonds is 4. The van der Waals surface area contributed by atoms with E-state index >= 15 is 0 Å². The van der Waals surface area contributed by atoms with Crippen LogP contribution in [0.25, 0.3) is 0 Å². The molecule has 0 spiro atoms. The number of aldehydes is 1. The second-order valence-corrected chi connectivity index (χ2v) is 5.18. The van der Waals surface area contributed by atoms with Crippen LogP contribution in [0.5, 0.6) is 0 Å². The van der Waals surface area contributed by atoms with Crippen LogP contribution in [0.4, 0.5) is 0 Å². The van der Waals surface area contributed by atoms with E-state index in [4.69, 9.17) is 4.74 Å². The third kappa shape index (κ3) is 3.31. The van der Waals surface area contributed by atoms with E-state index in [-0.39, 0.29) is 11.5 Å². The van der Waals surface area contributed by atoms with E-state index in [0.717, 1.165) is 30.6 Å². The fourth-order valence-corrected chi connectivity index (χ4v) is 2.71. The summed E-state index contributed by atoms with van der Waals surface area (Å²) in [6.45, 7) is 4.63. The highest BCUT2D eigenvalue weighted by Gasteiger charge is 2.32. The highest BCUT2D eigenvalue weighted by atomic mass is 32.2. The smallest absolute Gasteiger partial charge is 0.128 e. The van der Waals surface area contributed by atoms with Crippen molar-refractivity contribution in [3.05, 3.63) is 0 Å². The summed E-state index contributed by atoms with van der Waals surface area (Å²) in [7, 11) is 0. The number of hydrogen-bond donors (Lipinski definition) is 0. The molecule has 13 heavy (non-hydrogen) atoms. The Morgan fingerprint density at radius 2 is 2.08 bits per heavy atom. The van der Waals surface area contributed by atoms with Crippen LogP contribution < -0.4 is 0 Å². The van der Waals surface area contributed by atoms with Crippen molar-refractivity contribution in [1.82, 2.24) is 0 Å². The van der Waals surface area contributed by atoms with Crippen LogP contribution in [0, 0.1) is 5.41 Å². The van der Waals surface area contributed by atoms with Crippen LogP contribution in [0.2, 0.25) is 0 Å². The van der Waals surface area contributed by atoms with Gasteiger partial charge in [0.05, 0.1) is 18.1 Å². The zero-order chi connectivity index (χ0) is 9.73. The molecule has 0 unspecified atom stereocenters. The van der Waals surface area contributed by atoms with Crippen molar-refractivity contribution in [2.45, 2.75) is 32.8 Å². The minimum atomic E-state index is -0.171. The highest BCUT2D eigenvalue weighted by Crippen LogP contribution is 2.33. The number of carbonyl (C=O) groups is 1. The van der Waals surface area contributed by atoms with Crippen molar-refractivity contribution in [3.63, 3.8) is 0 Å². The molecule has 0 atom stereocenters. The maximum Gasteiger partial charge on any atom is 0.128 e. The van der Waals surface area contributed by atoms with Gasteiger partial charge in [-0.15, -0.1) is 0 Å². The van der Waals surface area contributed by atoms with Gasteiger partial charge < -0.3 is 9.53 Å². The summed E-state index contributed by atoms with van der Waals surface area (Å²) in [6, 6.07) is 0. The molecule has 0 radical (unpaired) electrons. The monoisotopic (exact) mass is 202 g/mol. The minimum Gasteiger partial charge on any atom is -0.378 e. The van der Waals surface area contributed by atoms with Gasteiger partial charge in [0.2, 0.25) is 0 Å². The molecule has 0 aliphatic carbocycles. The Balaban J connectivity index is 2.42. The average molecular weight is 202 g/mol. The first-order valence-corrected chi connectivity index (χ1v) is 6.00. The second kappa shape index (κ2) is 5.01. The average Bonchev–Trinajstić information content (AvgIpc) is 2.16. The molecule has 0 aromatic rings. The van der Waals surface area contributed by atoms with Gasteiger partial charge in [0.1, 0.15) is 6.29 Å². The molecule has 0 saturated carbocycles. The number of thioether (sulfide) groups is 1. The summed E-state index contributed by atoms with van der Waals surface area (Å²) in [6.07, 6.45) is 3.29. The van der Waals surface area contributed by atoms with Gasteiger partial charge in [-0.05, 0) is 38.2 Å². The van der Waals surface area contributed by atoms with Crippen molar-refractivity contribution in [3.8, 4) is 0 Å². The van der Waals surface area contributed by atoms with E-state index in [1.54, 1.807) is 0 Å². The van der Waals surface area contributed by atoms with E-state index in [9.17, 15) is 4.79 Å². The molecular weight excluding hydrogens is 184 g/mol. The Morgan fingerprint density at radius 3 is 2.54 bits per heavy atom. The van der Waals surface area contributed by atoms with Crippen LogP contribution >= 0.6 is 11.8 Å². The maximum atomic E-state index is 11.0. The molecule has 2 nitrogen and oxygen atoms in total. The standard InChI is InChI=1S/C10H18O2S/c1-9(2)12-8-10(7-11)3-5-13-6-4-10/h7,9H,3-6,8H2,1-2H3. The zero-order valence-corrected chi connectivity index (χ0v) is 9.23. The molecule has 1 aliphatic heterocycles. The second-order valence-electron chi connectivity index (χ2n) is 3.95. The van der Waals surface area contributed by atoms with Gasteiger partial charge in [0, 0.05) is 0 Å². The lowest BCUT2D eigenvalue weighted by Crippen LogP contribution is -2.34. The van der Waals surface area contributed by atoms with Crippen molar-refractivity contribution in [2.24, 2.45) is 5.41 Å². The van der Waals surface area contributed by atoms with Crippen LogP contribution in [0.3, 0.4) is 0 Å². The molecule has 0 N–H and O–H groups in total. The van der Waals surface area contributed by atoms with E-state index in [1.165, 1.54) is 0 Å². The lowest BCUT2D eigenvalue weighted by Gasteiger charge is -2.31. The van der Waals surface area contributed by atoms with Crippen LogP contribution in [-0.2, 0) is 9.53 Å². The van der Waals surface area contributed by atoms with Gasteiger partial charge in [0.15, 0.2) is 0 Å². The molecule has 1 fully saturated rings. The van der Waals surface area contributed by atoms with E-state index in [2.05, 4.69) is 0 Å². The molecule has 0 aromatic carbocycles. The van der Waals surface area contributed by atoms with E-state index < -0.39 is 0 Å². The summed E-state index contributed by atoms with van der Waals surface area (Å²) in [4.78, 5) is 11.0. The van der Waals surface area contributed by atoms with E-state index in [0.29, 0.717) is 6.61 Å². The Morgan fingerprint density at radius 1 is 1.46 bits per heavy atom. The fourth-order valence-electron chi connectivity index (χ4n) is 1.41. The largest absolute Gasteiger partial charge is 0.378 e. The molecule has 3 heteroatoms. The number of carbonyl (C=O) groups excluding carboxylic acids is 1. The normalized spacial score (nSPS) is 21.8. The quantitative estimate of drug-likeness (QED) is 0.653. The summed E-state index contributed by atoms with van der Waals surface area (Å²) in [5.41, 5.74) is -0.171. The number of ether oxygens (including phenoxy) is 1. The first kappa shape index (κ1) is 11.1. The van der Waals surface area contributed by atoms with Gasteiger partial charge in [-0.3, -0.25) is 0 Å². The van der Waals surface area contributed by atoms with Gasteiger partial charge in [-0.1, -0.05) is 0 Å². The molecule has 1 rings (SSSR count). The summed E-state index contributed by atoms with van der Waals surface area (Å²) in [5, 5.41) is 0. The third-order valence-corrected chi connectivity index (χ3v) is 3.43. The van der Waals surface area contributed by atoms with Gasteiger partial charge in [-0.25, -0.2) is 0 Å². The topological polar surface area (TPSA) is 26.3 Å². The lowest BCUT2D eigenvalue weighted by atomic mass is 9.84. The predicted octanol–water partition coefficient (Wildman–Crippen LogP) is 2.12. The molecule has 1 saturated heterocycles. The van der Waals surface area contributed by atoms with Crippen molar-refractivity contribution < 1.29 is 9.53 Å². The zero-order valence-electron chi connectivity index (χ0n) is 8.41. The SMILES string of the molecule is CC(C)OCC1(C=O)CCSCC1. The summed E-state index contributed by atoms with van der Waals surface area (Å²) < 4.78 is 5.54. The minimum absolute atomic E-state index is 0.171. The molecule has 0 amide bonds. The Kier molecular flexibility index (Phi) is 4.26. The number of hydrogen-bond acceptors (Lipinski definition) is 3. The fraction of sp³-hybridized carbons (Fsp3) is 0.900. The van der Waals surface area contributed by atoms with Crippen molar-refractivity contribution in [2.75, 3.05) is 18.1 Å². The third-order valence-electron chi connectivity index (χ3n) is 2.44. The summed E-state index contributed by atoms with van der Waals surface area (Å²) in [5.74, 6) is 2.19. The van der Waals surface area contributed by atoms with Crippen LogP contribution in [0.1, 0.15) is 26.7 Å². The summed E-state index contributed by atoms with van der Waals surface area (Å²) >= 11 is 1.93. The Hall–Kier alpha value is -0.0200. The highest BCUT2D eigenvalue weighted by molar-refractivity contribution is 7.99.